The molecule has 0 aromatic carbocycles. The number of hydrogen-bond donors (Lipinski definition) is 1. The molecule has 1 aliphatic rings. The molecule has 0 radical (unpaired) electrons. The van der Waals surface area contributed by atoms with Crippen molar-refractivity contribution in [3.63, 3.8) is 0 Å². The van der Waals surface area contributed by atoms with Crippen LogP contribution in [0.5, 0.6) is 0 Å². The highest BCUT2D eigenvalue weighted by molar-refractivity contribution is 5.91. The molecule has 3 atom stereocenters. The van der Waals surface area contributed by atoms with Crippen molar-refractivity contribution in [3.8, 4) is 0 Å². The molecule has 17 heavy (non-hydrogen) atoms. The Morgan fingerprint density at radius 1 is 1.35 bits per heavy atom. The Bertz CT molecular complexity index is 397. The molecule has 0 aliphatic heterocycles. The Balaban J connectivity index is 1.98. The second-order valence-corrected chi connectivity index (χ2v) is 5.26. The highest BCUT2D eigenvalue weighted by atomic mass is 16.3. The van der Waals surface area contributed by atoms with Gasteiger partial charge in [0.15, 0.2) is 5.76 Å². The first-order chi connectivity index (χ1) is 8.08. The molecule has 1 aromatic rings. The Labute approximate surface area is 103 Å². The maximum atomic E-state index is 12.0. The Morgan fingerprint density at radius 3 is 2.76 bits per heavy atom. The molecule has 0 spiro atoms. The zero-order valence-corrected chi connectivity index (χ0v) is 10.8. The Kier molecular flexibility index (Phi) is 3.55. The van der Waals surface area contributed by atoms with Crippen LogP contribution >= 0.6 is 0 Å². The third-order valence-corrected chi connectivity index (χ3v) is 3.99. The van der Waals surface area contributed by atoms with Crippen LogP contribution in [0.4, 0.5) is 0 Å². The summed E-state index contributed by atoms with van der Waals surface area (Å²) in [4.78, 5) is 12.0. The minimum Gasteiger partial charge on any atom is -0.456 e. The van der Waals surface area contributed by atoms with Gasteiger partial charge in [0.05, 0.1) is 0 Å². The SMILES string of the molecule is Cc1ccc(C(=O)N[C@@H]2CCC[C@@H](C)[C@H]2C)o1. The first-order valence-corrected chi connectivity index (χ1v) is 6.45. The van der Waals surface area contributed by atoms with Gasteiger partial charge in [-0.1, -0.05) is 26.7 Å². The Morgan fingerprint density at radius 2 is 2.12 bits per heavy atom. The predicted octanol–water partition coefficient (Wildman–Crippen LogP) is 3.14. The normalized spacial score (nSPS) is 29.0. The molecule has 2 rings (SSSR count). The van der Waals surface area contributed by atoms with Crippen LogP contribution in [0.3, 0.4) is 0 Å². The molecule has 1 saturated carbocycles. The summed E-state index contributed by atoms with van der Waals surface area (Å²) < 4.78 is 5.34. The van der Waals surface area contributed by atoms with Crippen LogP contribution in [0.2, 0.25) is 0 Å². The maximum absolute atomic E-state index is 12.0. The van der Waals surface area contributed by atoms with Gasteiger partial charge >= 0.3 is 0 Å². The summed E-state index contributed by atoms with van der Waals surface area (Å²) in [7, 11) is 0. The minimum absolute atomic E-state index is 0.0796. The van der Waals surface area contributed by atoms with Crippen molar-refractivity contribution in [2.45, 2.75) is 46.1 Å². The van der Waals surface area contributed by atoms with Crippen LogP contribution in [0.1, 0.15) is 49.4 Å². The van der Waals surface area contributed by atoms with E-state index in [-0.39, 0.29) is 11.9 Å². The van der Waals surface area contributed by atoms with Crippen LogP contribution in [0, 0.1) is 18.8 Å². The fraction of sp³-hybridized carbons (Fsp3) is 0.643. The van der Waals surface area contributed by atoms with Gasteiger partial charge in [0, 0.05) is 6.04 Å². The third-order valence-electron chi connectivity index (χ3n) is 3.99. The van der Waals surface area contributed by atoms with Crippen molar-refractivity contribution in [2.75, 3.05) is 0 Å². The first-order valence-electron chi connectivity index (χ1n) is 6.45. The van der Waals surface area contributed by atoms with Gasteiger partial charge in [0.25, 0.3) is 5.91 Å². The van der Waals surface area contributed by atoms with Crippen LogP contribution in [-0.2, 0) is 0 Å². The average Bonchev–Trinajstić information content (AvgIpc) is 2.72. The van der Waals surface area contributed by atoms with Crippen LogP contribution < -0.4 is 5.32 Å². The molecule has 0 saturated heterocycles. The summed E-state index contributed by atoms with van der Waals surface area (Å²) in [6, 6.07) is 3.85. The largest absolute Gasteiger partial charge is 0.456 e. The lowest BCUT2D eigenvalue weighted by Crippen LogP contribution is -2.43. The van der Waals surface area contributed by atoms with E-state index in [1.807, 2.05) is 13.0 Å². The number of nitrogens with one attached hydrogen (secondary N) is 1. The third kappa shape index (κ3) is 2.71. The average molecular weight is 235 g/mol. The second-order valence-electron chi connectivity index (χ2n) is 5.26. The number of furan rings is 1. The topological polar surface area (TPSA) is 42.2 Å². The number of amides is 1. The summed E-state index contributed by atoms with van der Waals surface area (Å²) in [5.74, 6) is 2.35. The molecule has 1 N–H and O–H groups in total. The molecule has 1 aromatic heterocycles. The molecular weight excluding hydrogens is 214 g/mol. The number of hydrogen-bond acceptors (Lipinski definition) is 2. The number of rotatable bonds is 2. The van der Waals surface area contributed by atoms with E-state index in [9.17, 15) is 4.79 Å². The lowest BCUT2D eigenvalue weighted by molar-refractivity contribution is 0.0861. The molecule has 94 valence electrons. The van der Waals surface area contributed by atoms with E-state index >= 15 is 0 Å². The number of aryl methyl sites for hydroxylation is 1. The van der Waals surface area contributed by atoms with Gasteiger partial charge in [-0.25, -0.2) is 0 Å². The van der Waals surface area contributed by atoms with E-state index in [2.05, 4.69) is 19.2 Å². The molecule has 1 aliphatic carbocycles. The standard InChI is InChI=1S/C14H21NO2/c1-9-5-4-6-12(11(9)3)15-14(16)13-8-7-10(2)17-13/h7-9,11-12H,4-6H2,1-3H3,(H,15,16)/t9-,11-,12-/m1/s1. The highest BCUT2D eigenvalue weighted by Crippen LogP contribution is 2.29. The molecule has 0 bridgehead atoms. The summed E-state index contributed by atoms with van der Waals surface area (Å²) in [6.07, 6.45) is 3.55. The van der Waals surface area contributed by atoms with Gasteiger partial charge in [-0.15, -0.1) is 0 Å². The Hall–Kier alpha value is -1.25. The zero-order chi connectivity index (χ0) is 12.4. The van der Waals surface area contributed by atoms with Gasteiger partial charge in [0.1, 0.15) is 5.76 Å². The minimum atomic E-state index is -0.0796. The smallest absolute Gasteiger partial charge is 0.287 e. The first kappa shape index (κ1) is 12.2. The van der Waals surface area contributed by atoms with E-state index in [1.165, 1.54) is 12.8 Å². The monoisotopic (exact) mass is 235 g/mol. The van der Waals surface area contributed by atoms with Gasteiger partial charge in [-0.3, -0.25) is 4.79 Å². The lowest BCUT2D eigenvalue weighted by atomic mass is 9.78. The van der Waals surface area contributed by atoms with Crippen LogP contribution in [-0.4, -0.2) is 11.9 Å². The molecule has 1 fully saturated rings. The summed E-state index contributed by atoms with van der Waals surface area (Å²) in [5.41, 5.74) is 0. The molecular formula is C14H21NO2. The molecule has 1 amide bonds. The van der Waals surface area contributed by atoms with Crippen molar-refractivity contribution in [1.82, 2.24) is 5.32 Å². The number of carbonyl (C=O) groups excluding carboxylic acids is 1. The zero-order valence-electron chi connectivity index (χ0n) is 10.8. The lowest BCUT2D eigenvalue weighted by Gasteiger charge is -2.34. The summed E-state index contributed by atoms with van der Waals surface area (Å²) in [6.45, 7) is 6.34. The van der Waals surface area contributed by atoms with E-state index in [4.69, 9.17) is 4.42 Å². The van der Waals surface area contributed by atoms with Crippen molar-refractivity contribution >= 4 is 5.91 Å². The predicted molar refractivity (Wildman–Crippen MR) is 66.9 cm³/mol. The molecule has 0 unspecified atom stereocenters. The molecule has 3 heteroatoms. The number of carbonyl (C=O) groups is 1. The van der Waals surface area contributed by atoms with Crippen molar-refractivity contribution in [3.05, 3.63) is 23.7 Å². The van der Waals surface area contributed by atoms with Gasteiger partial charge in [0.2, 0.25) is 0 Å². The van der Waals surface area contributed by atoms with Crippen molar-refractivity contribution < 1.29 is 9.21 Å². The van der Waals surface area contributed by atoms with E-state index < -0.39 is 0 Å². The molecule has 1 heterocycles. The fourth-order valence-corrected chi connectivity index (χ4v) is 2.58. The van der Waals surface area contributed by atoms with Gasteiger partial charge in [-0.05, 0) is 37.3 Å². The van der Waals surface area contributed by atoms with Gasteiger partial charge in [-0.2, -0.15) is 0 Å². The summed E-state index contributed by atoms with van der Waals surface area (Å²) >= 11 is 0. The second kappa shape index (κ2) is 4.94. The van der Waals surface area contributed by atoms with E-state index in [0.29, 0.717) is 17.6 Å². The van der Waals surface area contributed by atoms with E-state index in [0.717, 1.165) is 12.2 Å². The quantitative estimate of drug-likeness (QED) is 0.855. The van der Waals surface area contributed by atoms with Crippen molar-refractivity contribution in [1.29, 1.82) is 0 Å². The highest BCUT2D eigenvalue weighted by Gasteiger charge is 2.28. The van der Waals surface area contributed by atoms with Crippen LogP contribution in [0.15, 0.2) is 16.5 Å². The fourth-order valence-electron chi connectivity index (χ4n) is 2.58. The maximum Gasteiger partial charge on any atom is 0.287 e. The van der Waals surface area contributed by atoms with Crippen LogP contribution in [0.25, 0.3) is 0 Å². The summed E-state index contributed by atoms with van der Waals surface area (Å²) in [5, 5.41) is 3.10. The molecule has 3 nitrogen and oxygen atoms in total. The van der Waals surface area contributed by atoms with Gasteiger partial charge < -0.3 is 9.73 Å². The van der Waals surface area contributed by atoms with E-state index in [1.54, 1.807) is 6.07 Å². The van der Waals surface area contributed by atoms with Crippen molar-refractivity contribution in [2.24, 2.45) is 11.8 Å².